The van der Waals surface area contributed by atoms with Crippen LogP contribution in [0.4, 0.5) is 0 Å². The van der Waals surface area contributed by atoms with Crippen LogP contribution < -0.4 is 4.74 Å². The lowest BCUT2D eigenvalue weighted by molar-refractivity contribution is 0.111. The number of benzene rings is 1. The molecule has 2 aromatic heterocycles. The van der Waals surface area contributed by atoms with Crippen LogP contribution in [0.2, 0.25) is 0 Å². The van der Waals surface area contributed by atoms with Gasteiger partial charge in [0.1, 0.15) is 5.75 Å². The summed E-state index contributed by atoms with van der Waals surface area (Å²) in [5.74, 6) is 0.857. The zero-order valence-electron chi connectivity index (χ0n) is 13.1. The molecule has 0 amide bonds. The second-order valence-electron chi connectivity index (χ2n) is 5.47. The van der Waals surface area contributed by atoms with E-state index in [2.05, 4.69) is 12.1 Å². The maximum Gasteiger partial charge on any atom is 0.167 e. The van der Waals surface area contributed by atoms with Crippen LogP contribution >= 0.6 is 0 Å². The van der Waals surface area contributed by atoms with Gasteiger partial charge in [0, 0.05) is 17.3 Å². The van der Waals surface area contributed by atoms with Gasteiger partial charge in [0.05, 0.1) is 12.3 Å². The zero-order valence-corrected chi connectivity index (χ0v) is 13.1. The highest BCUT2D eigenvalue weighted by molar-refractivity contribution is 5.90. The Morgan fingerprint density at radius 1 is 1.09 bits per heavy atom. The predicted octanol–water partition coefficient (Wildman–Crippen LogP) is 4.43. The molecule has 0 aliphatic rings. The number of pyridine rings is 1. The first-order chi connectivity index (χ1) is 10.6. The van der Waals surface area contributed by atoms with Crippen molar-refractivity contribution in [1.29, 1.82) is 0 Å². The van der Waals surface area contributed by atoms with E-state index in [1.165, 1.54) is 0 Å². The van der Waals surface area contributed by atoms with Crippen molar-refractivity contribution >= 4 is 11.8 Å². The van der Waals surface area contributed by atoms with Gasteiger partial charge < -0.3 is 9.14 Å². The van der Waals surface area contributed by atoms with Gasteiger partial charge in [-0.3, -0.25) is 4.79 Å². The zero-order chi connectivity index (χ0) is 15.7. The summed E-state index contributed by atoms with van der Waals surface area (Å²) in [6.45, 7) is 6.68. The normalized spacial score (nSPS) is 10.9. The van der Waals surface area contributed by atoms with Crippen LogP contribution in [0.1, 0.15) is 28.5 Å². The molecule has 0 saturated heterocycles. The molecule has 0 bridgehead atoms. The lowest BCUT2D eigenvalue weighted by Crippen LogP contribution is -1.95. The fourth-order valence-electron chi connectivity index (χ4n) is 2.83. The molecule has 0 aliphatic carbocycles. The molecule has 1 aromatic carbocycles. The first kappa shape index (κ1) is 14.4. The molecule has 3 heteroatoms. The van der Waals surface area contributed by atoms with E-state index in [0.717, 1.165) is 39.8 Å². The third-order valence-corrected chi connectivity index (χ3v) is 3.87. The summed E-state index contributed by atoms with van der Waals surface area (Å²) in [5.41, 5.74) is 5.96. The number of ether oxygens (including phenoxy) is 1. The number of aryl methyl sites for hydroxylation is 2. The van der Waals surface area contributed by atoms with E-state index in [9.17, 15) is 4.79 Å². The lowest BCUT2D eigenvalue weighted by atomic mass is 10.0. The van der Waals surface area contributed by atoms with Gasteiger partial charge in [-0.1, -0.05) is 12.1 Å². The fourth-order valence-corrected chi connectivity index (χ4v) is 2.83. The molecule has 2 heterocycles. The summed E-state index contributed by atoms with van der Waals surface area (Å²) in [5, 5.41) is 0. The molecule has 0 spiro atoms. The average molecular weight is 293 g/mol. The van der Waals surface area contributed by atoms with E-state index >= 15 is 0 Å². The summed E-state index contributed by atoms with van der Waals surface area (Å²) < 4.78 is 7.49. The monoisotopic (exact) mass is 293 g/mol. The van der Waals surface area contributed by atoms with Gasteiger partial charge in [-0.05, 0) is 61.7 Å². The van der Waals surface area contributed by atoms with Crippen molar-refractivity contribution in [3.8, 4) is 16.9 Å². The van der Waals surface area contributed by atoms with Crippen molar-refractivity contribution < 1.29 is 9.53 Å². The molecular formula is C19H19NO2. The van der Waals surface area contributed by atoms with Gasteiger partial charge in [-0.2, -0.15) is 0 Å². The molecule has 0 atom stereocenters. The van der Waals surface area contributed by atoms with Crippen molar-refractivity contribution in [2.45, 2.75) is 20.8 Å². The Bertz CT molecular complexity index is 846. The molecule has 0 radical (unpaired) electrons. The van der Waals surface area contributed by atoms with Crippen LogP contribution in [0, 0.1) is 13.8 Å². The minimum atomic E-state index is 0.647. The highest BCUT2D eigenvalue weighted by atomic mass is 16.5. The summed E-state index contributed by atoms with van der Waals surface area (Å²) in [4.78, 5) is 11.6. The van der Waals surface area contributed by atoms with E-state index in [1.807, 2.05) is 55.6 Å². The van der Waals surface area contributed by atoms with E-state index in [1.54, 1.807) is 0 Å². The summed E-state index contributed by atoms with van der Waals surface area (Å²) in [6.07, 6.45) is 2.92. The Balaban J connectivity index is 2.19. The molecule has 112 valence electrons. The number of aromatic nitrogens is 1. The van der Waals surface area contributed by atoms with Gasteiger partial charge in [0.25, 0.3) is 0 Å². The Morgan fingerprint density at radius 3 is 2.59 bits per heavy atom. The highest BCUT2D eigenvalue weighted by Crippen LogP contribution is 2.31. The molecule has 3 aromatic rings. The summed E-state index contributed by atoms with van der Waals surface area (Å²) in [7, 11) is 0. The molecule has 0 unspecified atom stereocenters. The Labute approximate surface area is 130 Å². The molecule has 22 heavy (non-hydrogen) atoms. The summed E-state index contributed by atoms with van der Waals surface area (Å²) >= 11 is 0. The lowest BCUT2D eigenvalue weighted by Gasteiger charge is -2.09. The quantitative estimate of drug-likeness (QED) is 0.666. The number of carbonyl (C=O) groups excluding carboxylic acids is 1. The largest absolute Gasteiger partial charge is 0.494 e. The van der Waals surface area contributed by atoms with Crippen LogP contribution in [0.5, 0.6) is 5.75 Å². The minimum Gasteiger partial charge on any atom is -0.494 e. The van der Waals surface area contributed by atoms with Crippen LogP contribution in [-0.2, 0) is 0 Å². The van der Waals surface area contributed by atoms with Gasteiger partial charge in [-0.15, -0.1) is 0 Å². The molecular weight excluding hydrogens is 274 g/mol. The third kappa shape index (κ3) is 2.39. The van der Waals surface area contributed by atoms with Crippen molar-refractivity contribution in [2.75, 3.05) is 6.61 Å². The maximum atomic E-state index is 11.6. The molecule has 3 rings (SSSR count). The SMILES string of the molecule is CCOc1ccc(-c2cc3ccc(C)cn3c2C=O)c(C)c1. The highest BCUT2D eigenvalue weighted by Gasteiger charge is 2.13. The minimum absolute atomic E-state index is 0.647. The number of carbonyl (C=O) groups is 1. The number of hydrogen-bond donors (Lipinski definition) is 0. The average Bonchev–Trinajstić information content (AvgIpc) is 2.85. The second-order valence-corrected chi connectivity index (χ2v) is 5.47. The first-order valence-corrected chi connectivity index (χ1v) is 7.44. The number of aldehydes is 1. The first-order valence-electron chi connectivity index (χ1n) is 7.44. The van der Waals surface area contributed by atoms with Crippen LogP contribution in [-0.4, -0.2) is 17.3 Å². The number of rotatable bonds is 4. The maximum absolute atomic E-state index is 11.6. The van der Waals surface area contributed by atoms with Gasteiger partial charge in [-0.25, -0.2) is 0 Å². The molecule has 0 aliphatic heterocycles. The van der Waals surface area contributed by atoms with Crippen molar-refractivity contribution in [1.82, 2.24) is 4.40 Å². The third-order valence-electron chi connectivity index (χ3n) is 3.87. The van der Waals surface area contributed by atoms with Crippen molar-refractivity contribution in [3.63, 3.8) is 0 Å². The predicted molar refractivity (Wildman–Crippen MR) is 88.9 cm³/mol. The summed E-state index contributed by atoms with van der Waals surface area (Å²) in [6, 6.07) is 12.1. The Morgan fingerprint density at radius 2 is 1.91 bits per heavy atom. The fraction of sp³-hybridized carbons (Fsp3) is 0.211. The number of hydrogen-bond acceptors (Lipinski definition) is 2. The van der Waals surface area contributed by atoms with Crippen LogP contribution in [0.15, 0.2) is 42.6 Å². The van der Waals surface area contributed by atoms with E-state index < -0.39 is 0 Å². The number of nitrogens with zero attached hydrogens (tertiary/aromatic N) is 1. The Hall–Kier alpha value is -2.55. The number of fused-ring (bicyclic) bond motifs is 1. The molecule has 0 N–H and O–H groups in total. The van der Waals surface area contributed by atoms with Crippen LogP contribution in [0.25, 0.3) is 16.6 Å². The van der Waals surface area contributed by atoms with E-state index in [4.69, 9.17) is 4.74 Å². The standard InChI is InChI=1S/C19H19NO2/c1-4-22-16-7-8-17(14(3)9-16)18-10-15-6-5-13(2)11-20(15)19(18)12-21/h5-12H,4H2,1-3H3. The van der Waals surface area contributed by atoms with Crippen LogP contribution in [0.3, 0.4) is 0 Å². The topological polar surface area (TPSA) is 30.7 Å². The van der Waals surface area contributed by atoms with Gasteiger partial charge >= 0.3 is 0 Å². The Kier molecular flexibility index (Phi) is 3.72. The smallest absolute Gasteiger partial charge is 0.167 e. The molecule has 3 nitrogen and oxygen atoms in total. The van der Waals surface area contributed by atoms with Gasteiger partial charge in [0.2, 0.25) is 0 Å². The van der Waals surface area contributed by atoms with E-state index in [0.29, 0.717) is 12.3 Å². The van der Waals surface area contributed by atoms with Crippen molar-refractivity contribution in [3.05, 3.63) is 59.4 Å². The van der Waals surface area contributed by atoms with Crippen molar-refractivity contribution in [2.24, 2.45) is 0 Å². The second kappa shape index (κ2) is 5.68. The van der Waals surface area contributed by atoms with E-state index in [-0.39, 0.29) is 0 Å². The van der Waals surface area contributed by atoms with Gasteiger partial charge in [0.15, 0.2) is 6.29 Å². The molecule has 0 saturated carbocycles. The molecule has 0 fully saturated rings.